The highest BCUT2D eigenvalue weighted by Gasteiger charge is 2.15. The Balaban J connectivity index is 1.80. The third-order valence-electron chi connectivity index (χ3n) is 3.63. The molecule has 1 saturated heterocycles. The van der Waals surface area contributed by atoms with Gasteiger partial charge in [0.2, 0.25) is 10.0 Å². The molecule has 0 amide bonds. The number of amidine groups is 1. The highest BCUT2D eigenvalue weighted by Crippen LogP contribution is 2.11. The SMILES string of the molecule is N=C1CCCCCN1CCNS(=O)(=O)Cc1ccccc1. The highest BCUT2D eigenvalue weighted by atomic mass is 32.2. The minimum Gasteiger partial charge on any atom is -0.359 e. The van der Waals surface area contributed by atoms with Crippen LogP contribution in [0.15, 0.2) is 30.3 Å². The zero-order valence-corrected chi connectivity index (χ0v) is 13.0. The van der Waals surface area contributed by atoms with Crippen LogP contribution in [-0.2, 0) is 15.8 Å². The van der Waals surface area contributed by atoms with Gasteiger partial charge in [0.25, 0.3) is 0 Å². The molecule has 0 saturated carbocycles. The maximum atomic E-state index is 12.0. The number of benzene rings is 1. The van der Waals surface area contributed by atoms with Gasteiger partial charge >= 0.3 is 0 Å². The van der Waals surface area contributed by atoms with Crippen molar-refractivity contribution in [3.8, 4) is 0 Å². The van der Waals surface area contributed by atoms with Gasteiger partial charge in [-0.05, 0) is 18.4 Å². The summed E-state index contributed by atoms with van der Waals surface area (Å²) in [6.45, 7) is 1.80. The van der Waals surface area contributed by atoms with Gasteiger partial charge in [-0.15, -0.1) is 0 Å². The summed E-state index contributed by atoms with van der Waals surface area (Å²) in [6.07, 6.45) is 4.10. The van der Waals surface area contributed by atoms with Crippen molar-refractivity contribution in [2.24, 2.45) is 0 Å². The molecule has 116 valence electrons. The molecule has 1 aliphatic heterocycles. The van der Waals surface area contributed by atoms with Crippen molar-refractivity contribution in [1.29, 1.82) is 5.41 Å². The smallest absolute Gasteiger partial charge is 0.215 e. The van der Waals surface area contributed by atoms with Crippen LogP contribution in [0.5, 0.6) is 0 Å². The molecule has 0 atom stereocenters. The van der Waals surface area contributed by atoms with Crippen LogP contribution < -0.4 is 4.72 Å². The maximum absolute atomic E-state index is 12.0. The largest absolute Gasteiger partial charge is 0.359 e. The van der Waals surface area contributed by atoms with Gasteiger partial charge in [-0.2, -0.15) is 0 Å². The average molecular weight is 309 g/mol. The quantitative estimate of drug-likeness (QED) is 0.843. The van der Waals surface area contributed by atoms with E-state index in [-0.39, 0.29) is 5.75 Å². The molecule has 6 heteroatoms. The van der Waals surface area contributed by atoms with Crippen LogP contribution in [0.4, 0.5) is 0 Å². The Bertz CT molecular complexity index is 558. The number of likely N-dealkylation sites (tertiary alicyclic amines) is 1. The molecule has 1 fully saturated rings. The van der Waals surface area contributed by atoms with Gasteiger partial charge in [-0.1, -0.05) is 36.8 Å². The Morgan fingerprint density at radius 2 is 1.90 bits per heavy atom. The van der Waals surface area contributed by atoms with Crippen molar-refractivity contribution >= 4 is 15.9 Å². The number of rotatable bonds is 6. The molecule has 0 spiro atoms. The monoisotopic (exact) mass is 309 g/mol. The van der Waals surface area contributed by atoms with Gasteiger partial charge in [0.05, 0.1) is 11.6 Å². The van der Waals surface area contributed by atoms with Gasteiger partial charge in [0.15, 0.2) is 0 Å². The molecule has 0 aromatic heterocycles. The number of sulfonamides is 1. The second-order valence-electron chi connectivity index (χ2n) is 5.38. The van der Waals surface area contributed by atoms with Crippen molar-refractivity contribution in [2.45, 2.75) is 31.4 Å². The zero-order chi connectivity index (χ0) is 15.1. The van der Waals surface area contributed by atoms with Crippen molar-refractivity contribution in [2.75, 3.05) is 19.6 Å². The molecule has 21 heavy (non-hydrogen) atoms. The molecule has 2 rings (SSSR count). The van der Waals surface area contributed by atoms with E-state index in [1.165, 1.54) is 0 Å². The minimum atomic E-state index is -3.31. The minimum absolute atomic E-state index is 0.00524. The first-order valence-corrected chi connectivity index (χ1v) is 9.06. The van der Waals surface area contributed by atoms with Gasteiger partial charge in [0, 0.05) is 26.1 Å². The van der Waals surface area contributed by atoms with Crippen molar-refractivity contribution in [3.63, 3.8) is 0 Å². The molecule has 5 nitrogen and oxygen atoms in total. The first-order valence-electron chi connectivity index (χ1n) is 7.40. The molecule has 1 aliphatic rings. The Kier molecular flexibility index (Phi) is 5.76. The summed E-state index contributed by atoms with van der Waals surface area (Å²) in [5, 5.41) is 7.95. The maximum Gasteiger partial charge on any atom is 0.215 e. The predicted octanol–water partition coefficient (Wildman–Crippen LogP) is 1.96. The van der Waals surface area contributed by atoms with Crippen LogP contribution in [0.1, 0.15) is 31.2 Å². The van der Waals surface area contributed by atoms with E-state index in [0.717, 1.165) is 37.8 Å². The number of hydrogen-bond donors (Lipinski definition) is 2. The van der Waals surface area contributed by atoms with Crippen LogP contribution in [0.3, 0.4) is 0 Å². The Morgan fingerprint density at radius 3 is 2.67 bits per heavy atom. The van der Waals surface area contributed by atoms with E-state index >= 15 is 0 Å². The lowest BCUT2D eigenvalue weighted by molar-refractivity contribution is 0.414. The summed E-state index contributed by atoms with van der Waals surface area (Å²) < 4.78 is 26.6. The lowest BCUT2D eigenvalue weighted by Gasteiger charge is -2.23. The molecular formula is C15H23N3O2S. The van der Waals surface area contributed by atoms with E-state index in [1.807, 2.05) is 35.2 Å². The van der Waals surface area contributed by atoms with E-state index in [0.29, 0.717) is 18.9 Å². The van der Waals surface area contributed by atoms with Gasteiger partial charge < -0.3 is 4.90 Å². The summed E-state index contributed by atoms with van der Waals surface area (Å²) in [5.74, 6) is 0.639. The van der Waals surface area contributed by atoms with Crippen LogP contribution in [0.2, 0.25) is 0 Å². The molecule has 1 aromatic rings. The molecular weight excluding hydrogens is 286 g/mol. The molecule has 0 aliphatic carbocycles. The van der Waals surface area contributed by atoms with E-state index in [1.54, 1.807) is 0 Å². The number of nitrogens with zero attached hydrogens (tertiary/aromatic N) is 1. The van der Waals surface area contributed by atoms with Crippen LogP contribution in [0, 0.1) is 5.41 Å². The molecule has 0 radical (unpaired) electrons. The predicted molar refractivity (Wildman–Crippen MR) is 84.8 cm³/mol. The van der Waals surface area contributed by atoms with Crippen molar-refractivity contribution in [3.05, 3.63) is 35.9 Å². The van der Waals surface area contributed by atoms with Crippen LogP contribution in [0.25, 0.3) is 0 Å². The van der Waals surface area contributed by atoms with Crippen molar-refractivity contribution < 1.29 is 8.42 Å². The third kappa shape index (κ3) is 5.47. The van der Waals surface area contributed by atoms with E-state index in [4.69, 9.17) is 5.41 Å². The molecule has 2 N–H and O–H groups in total. The summed E-state index contributed by atoms with van der Waals surface area (Å²) >= 11 is 0. The van der Waals surface area contributed by atoms with E-state index in [2.05, 4.69) is 4.72 Å². The first kappa shape index (κ1) is 16.0. The number of nitrogens with one attached hydrogen (secondary N) is 2. The second kappa shape index (κ2) is 7.56. The van der Waals surface area contributed by atoms with Crippen molar-refractivity contribution in [1.82, 2.24) is 9.62 Å². The summed E-state index contributed by atoms with van der Waals surface area (Å²) in [4.78, 5) is 1.98. The fraction of sp³-hybridized carbons (Fsp3) is 0.533. The zero-order valence-electron chi connectivity index (χ0n) is 12.2. The summed E-state index contributed by atoms with van der Waals surface area (Å²) in [5.41, 5.74) is 0.785. The second-order valence-corrected chi connectivity index (χ2v) is 7.19. The van der Waals surface area contributed by atoms with Crippen LogP contribution in [-0.4, -0.2) is 38.8 Å². The lowest BCUT2D eigenvalue weighted by Crippen LogP contribution is -2.38. The molecule has 1 heterocycles. The van der Waals surface area contributed by atoms with E-state index < -0.39 is 10.0 Å². The topological polar surface area (TPSA) is 73.3 Å². The Morgan fingerprint density at radius 1 is 1.14 bits per heavy atom. The first-order chi connectivity index (χ1) is 10.1. The summed E-state index contributed by atoms with van der Waals surface area (Å²) in [7, 11) is -3.31. The Hall–Kier alpha value is -1.40. The van der Waals surface area contributed by atoms with Gasteiger partial charge in [0.1, 0.15) is 0 Å². The fourth-order valence-corrected chi connectivity index (χ4v) is 3.63. The van der Waals surface area contributed by atoms with Crippen LogP contribution >= 0.6 is 0 Å². The van der Waals surface area contributed by atoms with Gasteiger partial charge in [-0.25, -0.2) is 13.1 Å². The highest BCUT2D eigenvalue weighted by molar-refractivity contribution is 7.88. The summed E-state index contributed by atoms with van der Waals surface area (Å²) in [6, 6.07) is 9.16. The normalized spacial score (nSPS) is 16.8. The Labute approximate surface area is 126 Å². The average Bonchev–Trinajstić information content (AvgIpc) is 2.64. The standard InChI is InChI=1S/C15H23N3O2S/c16-15-9-5-2-6-11-18(15)12-10-17-21(19,20)13-14-7-3-1-4-8-14/h1,3-4,7-8,16-17H,2,5-6,9-13H2. The molecule has 0 unspecified atom stereocenters. The molecule has 0 bridgehead atoms. The van der Waals surface area contributed by atoms with E-state index in [9.17, 15) is 8.42 Å². The van der Waals surface area contributed by atoms with Gasteiger partial charge in [-0.3, -0.25) is 5.41 Å². The lowest BCUT2D eigenvalue weighted by atomic mass is 10.2. The third-order valence-corrected chi connectivity index (χ3v) is 4.98. The molecule has 1 aromatic carbocycles. The number of hydrogen-bond acceptors (Lipinski definition) is 3. The fourth-order valence-electron chi connectivity index (χ4n) is 2.49.